The predicted molar refractivity (Wildman–Crippen MR) is 58.3 cm³/mol. The molecule has 2 aromatic heterocycles. The van der Waals surface area contributed by atoms with Crippen LogP contribution in [0, 0.1) is 13.8 Å². The molecule has 1 N–H and O–H groups in total. The number of hydrogen-bond donors (Lipinski definition) is 1. The zero-order valence-corrected chi connectivity index (χ0v) is 9.92. The lowest BCUT2D eigenvalue weighted by atomic mass is 10.1. The zero-order valence-electron chi connectivity index (χ0n) is 9.92. The first-order valence-corrected chi connectivity index (χ1v) is 5.50. The molecule has 0 saturated carbocycles. The van der Waals surface area contributed by atoms with E-state index in [-0.39, 0.29) is 6.61 Å². The van der Waals surface area contributed by atoms with E-state index in [1.165, 1.54) is 0 Å². The van der Waals surface area contributed by atoms with Crippen LogP contribution in [0.2, 0.25) is 0 Å². The summed E-state index contributed by atoms with van der Waals surface area (Å²) in [6, 6.07) is 0. The summed E-state index contributed by atoms with van der Waals surface area (Å²) < 4.78 is 6.79. The molecule has 0 unspecified atom stereocenters. The first kappa shape index (κ1) is 11.7. The Morgan fingerprint density at radius 3 is 2.82 bits per heavy atom. The highest BCUT2D eigenvalue weighted by atomic mass is 16.5. The molecule has 2 heterocycles. The summed E-state index contributed by atoms with van der Waals surface area (Å²) in [6.45, 7) is 4.51. The number of aliphatic hydroxyl groups excluding tert-OH is 1. The summed E-state index contributed by atoms with van der Waals surface area (Å²) in [6.07, 6.45) is 1.24. The summed E-state index contributed by atoms with van der Waals surface area (Å²) in [5.74, 6) is 1.55. The largest absolute Gasteiger partial charge is 0.396 e. The number of tetrazole rings is 1. The number of aromatic nitrogens is 5. The Kier molecular flexibility index (Phi) is 3.48. The molecule has 7 nitrogen and oxygen atoms in total. The Hall–Kier alpha value is -1.76. The first-order valence-electron chi connectivity index (χ1n) is 5.50. The number of hydrogen-bond acceptors (Lipinski definition) is 6. The Morgan fingerprint density at radius 2 is 2.18 bits per heavy atom. The van der Waals surface area contributed by atoms with Crippen molar-refractivity contribution < 1.29 is 9.63 Å². The molecule has 2 rings (SSSR count). The number of aryl methyl sites for hydroxylation is 3. The van der Waals surface area contributed by atoms with Gasteiger partial charge in [0.1, 0.15) is 5.76 Å². The average Bonchev–Trinajstić information content (AvgIpc) is 2.88. The van der Waals surface area contributed by atoms with Gasteiger partial charge in [-0.25, -0.2) is 4.68 Å². The average molecular weight is 237 g/mol. The van der Waals surface area contributed by atoms with Crippen molar-refractivity contribution in [2.24, 2.45) is 0 Å². The van der Waals surface area contributed by atoms with E-state index in [4.69, 9.17) is 9.63 Å². The van der Waals surface area contributed by atoms with Crippen molar-refractivity contribution in [1.29, 1.82) is 0 Å². The Morgan fingerprint density at radius 1 is 1.35 bits per heavy atom. The van der Waals surface area contributed by atoms with E-state index in [1.54, 1.807) is 4.68 Å². The molecular weight excluding hydrogens is 222 g/mol. The van der Waals surface area contributed by atoms with Crippen LogP contribution < -0.4 is 0 Å². The van der Waals surface area contributed by atoms with E-state index in [1.807, 2.05) is 13.8 Å². The molecule has 0 aliphatic carbocycles. The second kappa shape index (κ2) is 5.05. The van der Waals surface area contributed by atoms with E-state index in [9.17, 15) is 0 Å². The molecule has 92 valence electrons. The van der Waals surface area contributed by atoms with E-state index < -0.39 is 0 Å². The monoisotopic (exact) mass is 237 g/mol. The van der Waals surface area contributed by atoms with Crippen molar-refractivity contribution >= 4 is 0 Å². The third kappa shape index (κ3) is 2.50. The number of rotatable bonds is 5. The maximum atomic E-state index is 8.79. The normalized spacial score (nSPS) is 11.0. The summed E-state index contributed by atoms with van der Waals surface area (Å²) in [5, 5.41) is 24.2. The predicted octanol–water partition coefficient (Wildman–Crippen LogP) is 0.251. The molecule has 2 aromatic rings. The molecule has 0 radical (unpaired) electrons. The van der Waals surface area contributed by atoms with Crippen LogP contribution in [-0.4, -0.2) is 37.1 Å². The van der Waals surface area contributed by atoms with Crippen LogP contribution in [0.4, 0.5) is 0 Å². The lowest BCUT2D eigenvalue weighted by Crippen LogP contribution is -2.08. The minimum atomic E-state index is 0.130. The zero-order chi connectivity index (χ0) is 12.3. The van der Waals surface area contributed by atoms with Crippen LogP contribution in [0.3, 0.4) is 0 Å². The lowest BCUT2D eigenvalue weighted by molar-refractivity contribution is 0.275. The Bertz CT molecular complexity index is 471. The van der Waals surface area contributed by atoms with Crippen molar-refractivity contribution in [2.75, 3.05) is 6.61 Å². The van der Waals surface area contributed by atoms with Crippen molar-refractivity contribution in [3.63, 3.8) is 0 Å². The smallest absolute Gasteiger partial charge is 0.155 e. The van der Waals surface area contributed by atoms with E-state index >= 15 is 0 Å². The van der Waals surface area contributed by atoms with Crippen molar-refractivity contribution in [2.45, 2.75) is 33.2 Å². The highest BCUT2D eigenvalue weighted by Gasteiger charge is 2.14. The molecule has 17 heavy (non-hydrogen) atoms. The molecule has 0 amide bonds. The highest BCUT2D eigenvalue weighted by molar-refractivity contribution is 5.24. The topological polar surface area (TPSA) is 89.9 Å². The molecule has 0 aliphatic rings. The molecule has 0 aliphatic heterocycles. The van der Waals surface area contributed by atoms with Gasteiger partial charge >= 0.3 is 0 Å². The minimum Gasteiger partial charge on any atom is -0.396 e. The van der Waals surface area contributed by atoms with Gasteiger partial charge in [0, 0.05) is 25.1 Å². The van der Waals surface area contributed by atoms with Crippen LogP contribution >= 0.6 is 0 Å². The molecule has 0 fully saturated rings. The van der Waals surface area contributed by atoms with E-state index in [2.05, 4.69) is 20.7 Å². The Balaban J connectivity index is 2.16. The van der Waals surface area contributed by atoms with Gasteiger partial charge in [0.2, 0.25) is 0 Å². The third-order valence-corrected chi connectivity index (χ3v) is 2.65. The minimum absolute atomic E-state index is 0.130. The maximum absolute atomic E-state index is 8.79. The first-order chi connectivity index (χ1) is 8.22. The SMILES string of the molecule is Cc1noc(C)c1Cc1nnnn1CCCO. The van der Waals surface area contributed by atoms with Gasteiger partial charge in [-0.05, 0) is 30.7 Å². The molecule has 0 spiro atoms. The highest BCUT2D eigenvalue weighted by Crippen LogP contribution is 2.15. The van der Waals surface area contributed by atoms with Gasteiger partial charge in [0.25, 0.3) is 0 Å². The van der Waals surface area contributed by atoms with Gasteiger partial charge in [-0.15, -0.1) is 5.10 Å². The standard InChI is InChI=1S/C10H15N5O2/c1-7-9(8(2)17-12-7)6-10-11-13-14-15(10)4-3-5-16/h16H,3-6H2,1-2H3. The van der Waals surface area contributed by atoms with Crippen molar-refractivity contribution in [1.82, 2.24) is 25.4 Å². The van der Waals surface area contributed by atoms with Gasteiger partial charge in [-0.3, -0.25) is 0 Å². The molecule has 0 atom stereocenters. The summed E-state index contributed by atoms with van der Waals surface area (Å²) in [7, 11) is 0. The number of aliphatic hydroxyl groups is 1. The van der Waals surface area contributed by atoms with Crippen molar-refractivity contribution in [3.8, 4) is 0 Å². The second-order valence-electron chi connectivity index (χ2n) is 3.87. The molecule has 0 bridgehead atoms. The summed E-state index contributed by atoms with van der Waals surface area (Å²) in [5.41, 5.74) is 1.88. The van der Waals surface area contributed by atoms with Gasteiger partial charge in [-0.1, -0.05) is 5.16 Å². The number of nitrogens with zero attached hydrogens (tertiary/aromatic N) is 5. The second-order valence-corrected chi connectivity index (χ2v) is 3.87. The van der Waals surface area contributed by atoms with Crippen LogP contribution in [-0.2, 0) is 13.0 Å². The van der Waals surface area contributed by atoms with Crippen molar-refractivity contribution in [3.05, 3.63) is 22.8 Å². The van der Waals surface area contributed by atoms with E-state index in [0.717, 1.165) is 22.8 Å². The summed E-state index contributed by atoms with van der Waals surface area (Å²) >= 11 is 0. The lowest BCUT2D eigenvalue weighted by Gasteiger charge is -2.02. The fraction of sp³-hybridized carbons (Fsp3) is 0.600. The van der Waals surface area contributed by atoms with Gasteiger partial charge in [-0.2, -0.15) is 0 Å². The van der Waals surface area contributed by atoms with Crippen LogP contribution in [0.25, 0.3) is 0 Å². The van der Waals surface area contributed by atoms with Crippen LogP contribution in [0.1, 0.15) is 29.3 Å². The fourth-order valence-corrected chi connectivity index (χ4v) is 1.66. The molecule has 0 aromatic carbocycles. The van der Waals surface area contributed by atoms with Gasteiger partial charge in [0.05, 0.1) is 5.69 Å². The molecular formula is C10H15N5O2. The quantitative estimate of drug-likeness (QED) is 0.801. The van der Waals surface area contributed by atoms with Gasteiger partial charge < -0.3 is 9.63 Å². The molecule has 7 heteroatoms. The van der Waals surface area contributed by atoms with E-state index in [0.29, 0.717) is 19.4 Å². The summed E-state index contributed by atoms with van der Waals surface area (Å²) in [4.78, 5) is 0. The van der Waals surface area contributed by atoms with Gasteiger partial charge in [0.15, 0.2) is 5.82 Å². The fourth-order valence-electron chi connectivity index (χ4n) is 1.66. The van der Waals surface area contributed by atoms with Crippen LogP contribution in [0.5, 0.6) is 0 Å². The molecule has 0 saturated heterocycles. The third-order valence-electron chi connectivity index (χ3n) is 2.65. The van der Waals surface area contributed by atoms with Crippen LogP contribution in [0.15, 0.2) is 4.52 Å². The Labute approximate surface area is 98.4 Å². The maximum Gasteiger partial charge on any atom is 0.155 e.